The summed E-state index contributed by atoms with van der Waals surface area (Å²) in [6.45, 7) is 1.48. The zero-order valence-electron chi connectivity index (χ0n) is 9.99. The van der Waals surface area contributed by atoms with E-state index >= 15 is 0 Å². The Morgan fingerprint density at radius 3 is 2.68 bits per heavy atom. The molecule has 0 N–H and O–H groups in total. The summed E-state index contributed by atoms with van der Waals surface area (Å²) in [5, 5.41) is 8.67. The Labute approximate surface area is 107 Å². The molecule has 0 aliphatic carbocycles. The van der Waals surface area contributed by atoms with Gasteiger partial charge < -0.3 is 4.74 Å². The van der Waals surface area contributed by atoms with Crippen LogP contribution < -0.4 is 0 Å². The topological polar surface area (TPSA) is 50.1 Å². The largest absolute Gasteiger partial charge is 0.463 e. The molecule has 1 aromatic carbocycles. The average molecular weight is 269 g/mol. The van der Waals surface area contributed by atoms with Crippen LogP contribution in [0.3, 0.4) is 0 Å². The lowest BCUT2D eigenvalue weighted by Crippen LogP contribution is -2.13. The average Bonchev–Trinajstić information content (AvgIpc) is 2.35. The van der Waals surface area contributed by atoms with E-state index in [2.05, 4.69) is 4.74 Å². The Balaban J connectivity index is 3.25. The highest BCUT2D eigenvalue weighted by atomic mass is 19.4. The first kappa shape index (κ1) is 14.8. The molecule has 0 aliphatic rings. The summed E-state index contributed by atoms with van der Waals surface area (Å²) >= 11 is 0. The lowest BCUT2D eigenvalue weighted by molar-refractivity contribution is -0.137. The molecule has 0 aliphatic heterocycles. The van der Waals surface area contributed by atoms with Gasteiger partial charge in [0.05, 0.1) is 23.8 Å². The third kappa shape index (κ3) is 4.14. The molecule has 0 heterocycles. The van der Waals surface area contributed by atoms with Crippen molar-refractivity contribution in [3.05, 3.63) is 41.5 Å². The summed E-state index contributed by atoms with van der Waals surface area (Å²) in [6.07, 6.45) is -4.32. The zero-order valence-corrected chi connectivity index (χ0v) is 9.99. The second-order valence-corrected chi connectivity index (χ2v) is 3.50. The molecule has 0 spiro atoms. The molecule has 6 heteroatoms. The summed E-state index contributed by atoms with van der Waals surface area (Å²) in [4.78, 5) is 11.2. The van der Waals surface area contributed by atoms with E-state index in [-0.39, 0.29) is 17.7 Å². The van der Waals surface area contributed by atoms with Crippen molar-refractivity contribution in [1.82, 2.24) is 0 Å². The smallest absolute Gasteiger partial charge is 0.417 e. The molecule has 0 aromatic heterocycles. The highest BCUT2D eigenvalue weighted by molar-refractivity contribution is 5.92. The zero-order chi connectivity index (χ0) is 14.5. The fourth-order valence-electron chi connectivity index (χ4n) is 1.39. The van der Waals surface area contributed by atoms with Crippen LogP contribution >= 0.6 is 0 Å². The first-order chi connectivity index (χ1) is 8.88. The Bertz CT molecular complexity index is 542. The van der Waals surface area contributed by atoms with Crippen molar-refractivity contribution in [1.29, 1.82) is 5.26 Å². The number of rotatable bonds is 3. The van der Waals surface area contributed by atoms with Gasteiger partial charge in [-0.1, -0.05) is 12.1 Å². The van der Waals surface area contributed by atoms with Crippen molar-refractivity contribution in [2.45, 2.75) is 13.1 Å². The van der Waals surface area contributed by atoms with Crippen molar-refractivity contribution in [2.75, 3.05) is 6.61 Å². The first-order valence-corrected chi connectivity index (χ1v) is 5.34. The van der Waals surface area contributed by atoms with Gasteiger partial charge in [0, 0.05) is 6.08 Å². The first-order valence-electron chi connectivity index (χ1n) is 5.34. The van der Waals surface area contributed by atoms with Gasteiger partial charge in [-0.25, -0.2) is 4.79 Å². The van der Waals surface area contributed by atoms with Crippen LogP contribution in [-0.4, -0.2) is 18.8 Å². The van der Waals surface area contributed by atoms with Crippen molar-refractivity contribution >= 4 is 11.5 Å². The third-order valence-corrected chi connectivity index (χ3v) is 2.16. The number of esters is 1. The number of hydrogen-bond acceptors (Lipinski definition) is 3. The third-order valence-electron chi connectivity index (χ3n) is 2.16. The molecule has 0 bridgehead atoms. The van der Waals surface area contributed by atoms with Crippen LogP contribution in [0.4, 0.5) is 13.2 Å². The van der Waals surface area contributed by atoms with Gasteiger partial charge in [0.1, 0.15) is 0 Å². The number of benzene rings is 1. The number of allylic oxidation sites excluding steroid dienone is 1. The van der Waals surface area contributed by atoms with Gasteiger partial charge in [0.2, 0.25) is 0 Å². The minimum atomic E-state index is -4.71. The molecule has 0 saturated carbocycles. The predicted octanol–water partition coefficient (Wildman–Crippen LogP) is 3.07. The van der Waals surface area contributed by atoms with E-state index in [1.165, 1.54) is 25.1 Å². The standard InChI is InChI=1S/C13H10F3NO2/c1-2-19-12(18)7-11(13(14,15)16)10-5-3-4-9(6-10)8-17/h3-7H,2H2,1H3/b11-7+. The highest BCUT2D eigenvalue weighted by Crippen LogP contribution is 2.34. The monoisotopic (exact) mass is 269 g/mol. The quantitative estimate of drug-likeness (QED) is 0.626. The predicted molar refractivity (Wildman–Crippen MR) is 61.8 cm³/mol. The van der Waals surface area contributed by atoms with Gasteiger partial charge >= 0.3 is 12.1 Å². The fourth-order valence-corrected chi connectivity index (χ4v) is 1.39. The number of ether oxygens (including phenoxy) is 1. The summed E-state index contributed by atoms with van der Waals surface area (Å²) < 4.78 is 43.1. The van der Waals surface area contributed by atoms with Crippen LogP contribution in [0, 0.1) is 11.3 Å². The molecule has 0 amide bonds. The van der Waals surface area contributed by atoms with E-state index in [0.29, 0.717) is 6.08 Å². The number of halogens is 3. The van der Waals surface area contributed by atoms with E-state index < -0.39 is 17.7 Å². The maximum absolute atomic E-state index is 12.9. The van der Waals surface area contributed by atoms with Crippen molar-refractivity contribution < 1.29 is 22.7 Å². The summed E-state index contributed by atoms with van der Waals surface area (Å²) in [5.41, 5.74) is -1.31. The summed E-state index contributed by atoms with van der Waals surface area (Å²) in [5.74, 6) is -1.07. The van der Waals surface area contributed by atoms with Crippen LogP contribution in [0.1, 0.15) is 18.1 Å². The minimum absolute atomic E-state index is 0.0152. The SMILES string of the molecule is CCOC(=O)/C=C(\c1cccc(C#N)c1)C(F)(F)F. The molecule has 0 saturated heterocycles. The number of hydrogen-bond donors (Lipinski definition) is 0. The number of carbonyl (C=O) groups is 1. The normalized spacial score (nSPS) is 11.8. The van der Waals surface area contributed by atoms with Crippen LogP contribution in [-0.2, 0) is 9.53 Å². The summed E-state index contributed by atoms with van der Waals surface area (Å²) in [7, 11) is 0. The van der Waals surface area contributed by atoms with Gasteiger partial charge in [-0.2, -0.15) is 18.4 Å². The molecular formula is C13H10F3NO2. The molecule has 3 nitrogen and oxygen atoms in total. The molecule has 0 radical (unpaired) electrons. The Kier molecular flexibility index (Phi) is 4.70. The molecular weight excluding hydrogens is 259 g/mol. The van der Waals surface area contributed by atoms with Crippen molar-refractivity contribution in [3.63, 3.8) is 0 Å². The number of nitrogens with zero attached hydrogens (tertiary/aromatic N) is 1. The maximum atomic E-state index is 12.9. The Morgan fingerprint density at radius 1 is 1.47 bits per heavy atom. The second-order valence-electron chi connectivity index (χ2n) is 3.50. The number of carbonyl (C=O) groups excluding carboxylic acids is 1. The van der Waals surface area contributed by atoms with Gasteiger partial charge in [-0.05, 0) is 24.6 Å². The van der Waals surface area contributed by atoms with Crippen LogP contribution in [0.2, 0.25) is 0 Å². The van der Waals surface area contributed by atoms with Gasteiger partial charge in [-0.3, -0.25) is 0 Å². The Hall–Kier alpha value is -2.29. The van der Waals surface area contributed by atoms with Crippen LogP contribution in [0.15, 0.2) is 30.3 Å². The molecule has 0 unspecified atom stereocenters. The van der Waals surface area contributed by atoms with E-state index in [4.69, 9.17) is 5.26 Å². The van der Waals surface area contributed by atoms with E-state index in [9.17, 15) is 18.0 Å². The molecule has 0 fully saturated rings. The van der Waals surface area contributed by atoms with Crippen LogP contribution in [0.25, 0.3) is 5.57 Å². The van der Waals surface area contributed by atoms with E-state index in [0.717, 1.165) is 6.07 Å². The molecule has 1 aromatic rings. The second kappa shape index (κ2) is 6.05. The molecule has 0 atom stereocenters. The lowest BCUT2D eigenvalue weighted by atomic mass is 10.0. The maximum Gasteiger partial charge on any atom is 0.417 e. The summed E-state index contributed by atoms with van der Waals surface area (Å²) in [6, 6.07) is 6.68. The van der Waals surface area contributed by atoms with Crippen LogP contribution in [0.5, 0.6) is 0 Å². The van der Waals surface area contributed by atoms with Gasteiger partial charge in [0.25, 0.3) is 0 Å². The highest BCUT2D eigenvalue weighted by Gasteiger charge is 2.35. The number of alkyl halides is 3. The fraction of sp³-hybridized carbons (Fsp3) is 0.231. The van der Waals surface area contributed by atoms with Gasteiger partial charge in [-0.15, -0.1) is 0 Å². The van der Waals surface area contributed by atoms with Crippen molar-refractivity contribution in [2.24, 2.45) is 0 Å². The van der Waals surface area contributed by atoms with Gasteiger partial charge in [0.15, 0.2) is 0 Å². The molecule has 19 heavy (non-hydrogen) atoms. The molecule has 100 valence electrons. The van der Waals surface area contributed by atoms with E-state index in [1.54, 1.807) is 6.07 Å². The molecule has 1 rings (SSSR count). The Morgan fingerprint density at radius 2 is 2.16 bits per heavy atom. The number of nitriles is 1. The lowest BCUT2D eigenvalue weighted by Gasteiger charge is -2.12. The minimum Gasteiger partial charge on any atom is -0.463 e. The van der Waals surface area contributed by atoms with Crippen molar-refractivity contribution in [3.8, 4) is 6.07 Å². The van der Waals surface area contributed by atoms with E-state index in [1.807, 2.05) is 0 Å².